The molecule has 1 aromatic carbocycles. The van der Waals surface area contributed by atoms with Gasteiger partial charge in [-0.3, -0.25) is 4.79 Å². The summed E-state index contributed by atoms with van der Waals surface area (Å²) in [7, 11) is 0. The van der Waals surface area contributed by atoms with Crippen molar-refractivity contribution >= 4 is 5.91 Å². The Bertz CT molecular complexity index is 346. The van der Waals surface area contributed by atoms with Crippen molar-refractivity contribution in [1.29, 1.82) is 0 Å². The number of hydrogen-bond donors (Lipinski definition) is 2. The summed E-state index contributed by atoms with van der Waals surface area (Å²) in [5.74, 6) is -0.177. The van der Waals surface area contributed by atoms with Crippen LogP contribution in [0.25, 0.3) is 0 Å². The van der Waals surface area contributed by atoms with Gasteiger partial charge < -0.3 is 11.1 Å². The largest absolute Gasteiger partial charge is 0.351 e. The fraction of sp³-hybridized carbons (Fsp3) is 0.250. The van der Waals surface area contributed by atoms with Crippen LogP contribution in [0.15, 0.2) is 42.5 Å². The Morgan fingerprint density at radius 1 is 1.47 bits per heavy atom. The van der Waals surface area contributed by atoms with Gasteiger partial charge in [-0.15, -0.1) is 0 Å². The smallest absolute Gasteiger partial charge is 0.241 e. The maximum absolute atomic E-state index is 11.6. The third-order valence-electron chi connectivity index (χ3n) is 2.01. The minimum atomic E-state index is -0.606. The highest BCUT2D eigenvalue weighted by atomic mass is 16.2. The van der Waals surface area contributed by atoms with Crippen LogP contribution < -0.4 is 11.1 Å². The third kappa shape index (κ3) is 3.56. The number of carbonyl (C=O) groups is 1. The van der Waals surface area contributed by atoms with Crippen molar-refractivity contribution in [2.24, 2.45) is 5.73 Å². The Morgan fingerprint density at radius 3 is 2.60 bits per heavy atom. The van der Waals surface area contributed by atoms with Gasteiger partial charge in [-0.1, -0.05) is 42.5 Å². The monoisotopic (exact) mass is 204 g/mol. The Morgan fingerprint density at radius 2 is 2.07 bits per heavy atom. The van der Waals surface area contributed by atoms with E-state index in [4.69, 9.17) is 5.73 Å². The van der Waals surface area contributed by atoms with E-state index >= 15 is 0 Å². The van der Waals surface area contributed by atoms with Gasteiger partial charge in [-0.05, 0) is 12.5 Å². The third-order valence-corrected chi connectivity index (χ3v) is 2.01. The van der Waals surface area contributed by atoms with Crippen molar-refractivity contribution < 1.29 is 4.79 Å². The van der Waals surface area contributed by atoms with Crippen LogP contribution in [-0.4, -0.2) is 12.5 Å². The summed E-state index contributed by atoms with van der Waals surface area (Å²) in [5, 5.41) is 2.72. The van der Waals surface area contributed by atoms with Gasteiger partial charge in [0.25, 0.3) is 0 Å². The van der Waals surface area contributed by atoms with Crippen molar-refractivity contribution in [2.75, 3.05) is 6.54 Å². The topological polar surface area (TPSA) is 55.1 Å². The molecule has 0 aromatic heterocycles. The van der Waals surface area contributed by atoms with Crippen molar-refractivity contribution in [3.8, 4) is 0 Å². The summed E-state index contributed by atoms with van der Waals surface area (Å²) in [6.45, 7) is 6.03. The van der Waals surface area contributed by atoms with E-state index in [1.54, 1.807) is 0 Å². The van der Waals surface area contributed by atoms with Crippen LogP contribution >= 0.6 is 0 Å². The molecule has 0 heterocycles. The van der Waals surface area contributed by atoms with Gasteiger partial charge >= 0.3 is 0 Å². The molecule has 3 heteroatoms. The van der Waals surface area contributed by atoms with E-state index in [0.29, 0.717) is 6.54 Å². The fourth-order valence-corrected chi connectivity index (χ4v) is 1.16. The number of rotatable bonds is 4. The molecule has 0 spiro atoms. The van der Waals surface area contributed by atoms with Crippen LogP contribution in [0.1, 0.15) is 18.5 Å². The van der Waals surface area contributed by atoms with Gasteiger partial charge in [0.2, 0.25) is 5.91 Å². The molecule has 0 radical (unpaired) electrons. The van der Waals surface area contributed by atoms with Gasteiger partial charge in [0.1, 0.15) is 6.04 Å². The first-order chi connectivity index (χ1) is 7.11. The van der Waals surface area contributed by atoms with Gasteiger partial charge in [0.15, 0.2) is 0 Å². The summed E-state index contributed by atoms with van der Waals surface area (Å²) >= 11 is 0. The Hall–Kier alpha value is -1.61. The van der Waals surface area contributed by atoms with Crippen molar-refractivity contribution in [3.05, 3.63) is 48.0 Å². The molecular weight excluding hydrogens is 188 g/mol. The molecule has 1 atom stereocenters. The molecule has 0 saturated carbocycles. The zero-order chi connectivity index (χ0) is 11.3. The number of nitrogens with one attached hydrogen (secondary N) is 1. The van der Waals surface area contributed by atoms with Crippen molar-refractivity contribution in [1.82, 2.24) is 5.32 Å². The summed E-state index contributed by atoms with van der Waals surface area (Å²) in [5.41, 5.74) is 7.51. The number of hydrogen-bond acceptors (Lipinski definition) is 2. The summed E-state index contributed by atoms with van der Waals surface area (Å²) in [4.78, 5) is 11.6. The van der Waals surface area contributed by atoms with E-state index in [9.17, 15) is 4.79 Å². The van der Waals surface area contributed by atoms with Crippen LogP contribution in [-0.2, 0) is 4.79 Å². The summed E-state index contributed by atoms with van der Waals surface area (Å²) in [6, 6.07) is 8.69. The maximum atomic E-state index is 11.6. The molecule has 0 aliphatic heterocycles. The van der Waals surface area contributed by atoms with Gasteiger partial charge in [0, 0.05) is 6.54 Å². The summed E-state index contributed by atoms with van der Waals surface area (Å²) < 4.78 is 0. The van der Waals surface area contributed by atoms with Crippen LogP contribution in [0.5, 0.6) is 0 Å². The molecule has 15 heavy (non-hydrogen) atoms. The first-order valence-corrected chi connectivity index (χ1v) is 4.84. The molecule has 0 saturated heterocycles. The molecule has 1 rings (SSSR count). The second-order valence-corrected chi connectivity index (χ2v) is 3.56. The van der Waals surface area contributed by atoms with Crippen LogP contribution in [0, 0.1) is 0 Å². The van der Waals surface area contributed by atoms with Gasteiger partial charge in [-0.2, -0.15) is 0 Å². The minimum absolute atomic E-state index is 0.177. The van der Waals surface area contributed by atoms with Crippen LogP contribution in [0.2, 0.25) is 0 Å². The molecule has 80 valence electrons. The van der Waals surface area contributed by atoms with Crippen LogP contribution in [0.4, 0.5) is 0 Å². The maximum Gasteiger partial charge on any atom is 0.241 e. The lowest BCUT2D eigenvalue weighted by molar-refractivity contribution is -0.122. The van der Waals surface area contributed by atoms with E-state index in [2.05, 4.69) is 11.9 Å². The second-order valence-electron chi connectivity index (χ2n) is 3.56. The Kier molecular flexibility index (Phi) is 4.06. The Balaban J connectivity index is 2.57. The molecule has 1 amide bonds. The molecular formula is C12H16N2O. The minimum Gasteiger partial charge on any atom is -0.351 e. The predicted molar refractivity (Wildman–Crippen MR) is 61.2 cm³/mol. The lowest BCUT2D eigenvalue weighted by Crippen LogP contribution is -2.34. The van der Waals surface area contributed by atoms with E-state index in [1.807, 2.05) is 37.3 Å². The van der Waals surface area contributed by atoms with E-state index in [1.165, 1.54) is 0 Å². The Labute approximate surface area is 90.0 Å². The first-order valence-electron chi connectivity index (χ1n) is 4.84. The van der Waals surface area contributed by atoms with E-state index < -0.39 is 6.04 Å². The average molecular weight is 204 g/mol. The van der Waals surface area contributed by atoms with E-state index in [-0.39, 0.29) is 5.91 Å². The number of benzene rings is 1. The van der Waals surface area contributed by atoms with E-state index in [0.717, 1.165) is 11.1 Å². The normalized spacial score (nSPS) is 11.9. The highest BCUT2D eigenvalue weighted by Crippen LogP contribution is 2.08. The number of nitrogens with two attached hydrogens (primary N) is 1. The van der Waals surface area contributed by atoms with Crippen LogP contribution in [0.3, 0.4) is 0 Å². The molecule has 3 N–H and O–H groups in total. The molecule has 1 aromatic rings. The molecule has 0 aliphatic carbocycles. The highest BCUT2D eigenvalue weighted by Gasteiger charge is 2.14. The molecule has 0 unspecified atom stereocenters. The predicted octanol–water partition coefficient (Wildman–Crippen LogP) is 1.38. The highest BCUT2D eigenvalue weighted by molar-refractivity contribution is 5.83. The van der Waals surface area contributed by atoms with Crippen molar-refractivity contribution in [2.45, 2.75) is 13.0 Å². The molecule has 0 fully saturated rings. The standard InChI is InChI=1S/C12H16N2O/c1-9(2)8-14-12(15)11(13)10-6-4-3-5-7-10/h3-7,11H,1,8,13H2,2H3,(H,14,15)/t11-/m1/s1. The van der Waals surface area contributed by atoms with Gasteiger partial charge in [-0.25, -0.2) is 0 Å². The zero-order valence-electron chi connectivity index (χ0n) is 8.86. The van der Waals surface area contributed by atoms with Crippen molar-refractivity contribution in [3.63, 3.8) is 0 Å². The lowest BCUT2D eigenvalue weighted by atomic mass is 10.1. The molecule has 3 nitrogen and oxygen atoms in total. The molecule has 0 bridgehead atoms. The average Bonchev–Trinajstić information content (AvgIpc) is 2.26. The number of amides is 1. The summed E-state index contributed by atoms with van der Waals surface area (Å²) in [6.07, 6.45) is 0. The zero-order valence-corrected chi connectivity index (χ0v) is 8.86. The molecule has 0 aliphatic rings. The lowest BCUT2D eigenvalue weighted by Gasteiger charge is -2.12. The SMILES string of the molecule is C=C(C)CNC(=O)[C@H](N)c1ccccc1. The number of carbonyl (C=O) groups excluding carboxylic acids is 1. The fourth-order valence-electron chi connectivity index (χ4n) is 1.16. The quantitative estimate of drug-likeness (QED) is 0.728. The first kappa shape index (κ1) is 11.5. The second kappa shape index (κ2) is 5.32. The van der Waals surface area contributed by atoms with Gasteiger partial charge in [0.05, 0.1) is 0 Å².